The van der Waals surface area contributed by atoms with Gasteiger partial charge in [-0.1, -0.05) is 224 Å². The van der Waals surface area contributed by atoms with Gasteiger partial charge in [-0.05, 0) is 70.3 Å². The molecular weight excluding hydrogens is 993 g/mol. The Morgan fingerprint density at radius 3 is 1.52 bits per heavy atom. The molecule has 9 nitrogen and oxygen atoms in total. The SMILES string of the molecule is c1ccc(C2=NC(c3ccccc3)NC(c3ccc(-n4c5ccccc5c5c6oc7ccccc7c6c6c(c7ccccc7n6-c6ccccc6)c54)c(C4N=C(c5ccc(-c6ccccc6)cc5)NC(c5ccccc5)N4)c3)N2)cc1. The molecular formula is C72H52N8O. The molecule has 0 saturated heterocycles. The number of para-hydroxylation sites is 4. The van der Waals surface area contributed by atoms with Gasteiger partial charge in [0.1, 0.15) is 47.5 Å². The van der Waals surface area contributed by atoms with Crippen LogP contribution < -0.4 is 21.3 Å². The molecule has 2 aliphatic heterocycles. The highest BCUT2D eigenvalue weighted by Gasteiger charge is 2.33. The van der Waals surface area contributed by atoms with Gasteiger partial charge in [0.05, 0.1) is 38.5 Å². The highest BCUT2D eigenvalue weighted by Crippen LogP contribution is 2.50. The molecule has 2 aliphatic rings. The van der Waals surface area contributed by atoms with E-state index in [1.807, 2.05) is 6.07 Å². The van der Waals surface area contributed by atoms with Crippen molar-refractivity contribution in [3.63, 3.8) is 0 Å². The lowest BCUT2D eigenvalue weighted by molar-refractivity contribution is 0.401. The zero-order valence-corrected chi connectivity index (χ0v) is 43.9. The summed E-state index contributed by atoms with van der Waals surface area (Å²) in [6, 6.07) is 94.6. The monoisotopic (exact) mass is 1040 g/mol. The van der Waals surface area contributed by atoms with Crippen LogP contribution in [0.15, 0.2) is 281 Å². The van der Waals surface area contributed by atoms with Crippen molar-refractivity contribution in [3.05, 3.63) is 300 Å². The summed E-state index contributed by atoms with van der Waals surface area (Å²) in [7, 11) is 0. The number of nitrogens with zero attached hydrogens (tertiary/aromatic N) is 4. The van der Waals surface area contributed by atoms with Crippen LogP contribution in [0, 0.1) is 0 Å². The van der Waals surface area contributed by atoms with Crippen molar-refractivity contribution >= 4 is 77.2 Å². The van der Waals surface area contributed by atoms with E-state index in [1.54, 1.807) is 0 Å². The van der Waals surface area contributed by atoms with Crippen LogP contribution in [0.1, 0.15) is 58.0 Å². The van der Waals surface area contributed by atoms with E-state index in [0.29, 0.717) is 0 Å². The number of hydrogen-bond donors (Lipinski definition) is 4. The van der Waals surface area contributed by atoms with E-state index in [4.69, 9.17) is 14.4 Å². The van der Waals surface area contributed by atoms with Crippen molar-refractivity contribution in [1.82, 2.24) is 30.4 Å². The van der Waals surface area contributed by atoms with Crippen LogP contribution in [-0.4, -0.2) is 20.8 Å². The molecule has 16 rings (SSSR count). The summed E-state index contributed by atoms with van der Waals surface area (Å²) in [5.41, 5.74) is 16.6. The molecule has 5 heterocycles. The van der Waals surface area contributed by atoms with E-state index < -0.39 is 6.17 Å². The molecule has 0 radical (unpaired) electrons. The van der Waals surface area contributed by atoms with Gasteiger partial charge in [-0.3, -0.25) is 10.6 Å². The molecule has 0 aliphatic carbocycles. The molecule has 3 aromatic heterocycles. The summed E-state index contributed by atoms with van der Waals surface area (Å²) in [6.07, 6.45) is -1.53. The minimum absolute atomic E-state index is 0.303. The fourth-order valence-corrected chi connectivity index (χ4v) is 12.6. The van der Waals surface area contributed by atoms with Gasteiger partial charge in [-0.2, -0.15) is 0 Å². The summed E-state index contributed by atoms with van der Waals surface area (Å²) in [6.45, 7) is 0. The van der Waals surface area contributed by atoms with E-state index >= 15 is 0 Å². The van der Waals surface area contributed by atoms with Gasteiger partial charge in [0.25, 0.3) is 0 Å². The zero-order valence-electron chi connectivity index (χ0n) is 43.9. The van der Waals surface area contributed by atoms with E-state index in [-0.39, 0.29) is 18.5 Å². The lowest BCUT2D eigenvalue weighted by Gasteiger charge is -2.35. The largest absolute Gasteiger partial charge is 0.455 e. The van der Waals surface area contributed by atoms with Gasteiger partial charge < -0.3 is 24.2 Å². The summed E-state index contributed by atoms with van der Waals surface area (Å²) in [5, 5.41) is 22.3. The number of benzene rings is 11. The number of rotatable bonds is 9. The number of amidine groups is 2. The normalized spacial score (nSPS) is 17.4. The molecule has 0 saturated carbocycles. The number of fused-ring (bicyclic) bond motifs is 12. The molecule has 81 heavy (non-hydrogen) atoms. The predicted octanol–water partition coefficient (Wildman–Crippen LogP) is 16.1. The Balaban J connectivity index is 0.990. The van der Waals surface area contributed by atoms with Crippen molar-refractivity contribution in [1.29, 1.82) is 0 Å². The number of aromatic nitrogens is 2. The standard InChI is InChI=1S/C72H52N8O/c1-6-22-45(23-7-1)46-38-40-50(41-39-46)70-74-69(49-28-12-4-13-29-49)77-72(78-70)56-44-51(71-75-67(47-24-8-2-9-25-47)73-68(76-71)48-26-10-3-11-27-48)42-43-59(56)80-58-36-20-17-33-54(58)62-65(80)61-53-32-16-19-35-57(53)79(52-30-14-5-15-31-52)64(61)63-55-34-18-21-37-60(55)81-66(62)63/h1-44,67,69,71-72,75,77H,(H,73,76)(H,74,78). The molecule has 4 N–H and O–H groups in total. The summed E-state index contributed by atoms with van der Waals surface area (Å²) in [4.78, 5) is 11.1. The Morgan fingerprint density at radius 1 is 0.358 bits per heavy atom. The third-order valence-electron chi connectivity index (χ3n) is 16.3. The fourth-order valence-electron chi connectivity index (χ4n) is 12.6. The topological polar surface area (TPSA) is 95.8 Å². The molecule has 386 valence electrons. The molecule has 14 aromatic rings. The zero-order chi connectivity index (χ0) is 53.4. The Kier molecular flexibility index (Phi) is 11.1. The van der Waals surface area contributed by atoms with Crippen LogP contribution in [-0.2, 0) is 0 Å². The first-order valence-corrected chi connectivity index (χ1v) is 27.7. The van der Waals surface area contributed by atoms with Gasteiger partial charge in [-0.25, -0.2) is 9.98 Å². The molecule has 0 spiro atoms. The number of hydrogen-bond acceptors (Lipinski definition) is 7. The minimum atomic E-state index is -0.557. The van der Waals surface area contributed by atoms with Gasteiger partial charge in [-0.15, -0.1) is 0 Å². The van der Waals surface area contributed by atoms with E-state index in [1.165, 1.54) is 0 Å². The lowest BCUT2D eigenvalue weighted by atomic mass is 9.99. The van der Waals surface area contributed by atoms with Crippen molar-refractivity contribution in [2.24, 2.45) is 9.98 Å². The maximum atomic E-state index is 7.22. The first-order valence-electron chi connectivity index (χ1n) is 27.7. The van der Waals surface area contributed by atoms with Crippen molar-refractivity contribution in [2.75, 3.05) is 0 Å². The fraction of sp³-hybridized carbons (Fsp3) is 0.0556. The van der Waals surface area contributed by atoms with Gasteiger partial charge in [0.2, 0.25) is 0 Å². The van der Waals surface area contributed by atoms with E-state index in [0.717, 1.165) is 133 Å². The minimum Gasteiger partial charge on any atom is -0.455 e. The second kappa shape index (κ2) is 19.2. The molecule has 0 amide bonds. The summed E-state index contributed by atoms with van der Waals surface area (Å²) < 4.78 is 12.2. The van der Waals surface area contributed by atoms with Crippen molar-refractivity contribution in [3.8, 4) is 22.5 Å². The Hall–Kier alpha value is -10.3. The quantitative estimate of drug-likeness (QED) is 0.116. The van der Waals surface area contributed by atoms with Crippen molar-refractivity contribution < 1.29 is 4.42 Å². The number of nitrogens with one attached hydrogen (secondary N) is 4. The lowest BCUT2D eigenvalue weighted by Crippen LogP contribution is -2.46. The van der Waals surface area contributed by atoms with Gasteiger partial charge in [0, 0.05) is 43.9 Å². The number of aliphatic imine (C=N–C) groups is 2. The first kappa shape index (κ1) is 46.7. The molecule has 4 unspecified atom stereocenters. The highest BCUT2D eigenvalue weighted by molar-refractivity contribution is 6.39. The molecule has 0 bridgehead atoms. The van der Waals surface area contributed by atoms with E-state index in [9.17, 15) is 0 Å². The maximum absolute atomic E-state index is 7.22. The van der Waals surface area contributed by atoms with Crippen LogP contribution in [0.4, 0.5) is 0 Å². The van der Waals surface area contributed by atoms with Crippen LogP contribution in [0.3, 0.4) is 0 Å². The van der Waals surface area contributed by atoms with Gasteiger partial charge in [0.15, 0.2) is 0 Å². The van der Waals surface area contributed by atoms with E-state index in [2.05, 4.69) is 291 Å². The smallest absolute Gasteiger partial charge is 0.147 e. The molecule has 0 fully saturated rings. The average Bonchev–Trinajstić information content (AvgIpc) is 4.29. The maximum Gasteiger partial charge on any atom is 0.147 e. The number of furan rings is 1. The first-order chi connectivity index (χ1) is 40.2. The van der Waals surface area contributed by atoms with Crippen LogP contribution in [0.2, 0.25) is 0 Å². The van der Waals surface area contributed by atoms with Gasteiger partial charge >= 0.3 is 0 Å². The Morgan fingerprint density at radius 2 is 0.827 bits per heavy atom. The molecule has 4 atom stereocenters. The second-order valence-electron chi connectivity index (χ2n) is 21.0. The third-order valence-corrected chi connectivity index (χ3v) is 16.3. The Labute approximate surface area is 467 Å². The van der Waals surface area contributed by atoms with Crippen molar-refractivity contribution in [2.45, 2.75) is 24.7 Å². The average molecular weight is 1050 g/mol. The highest BCUT2D eigenvalue weighted by atomic mass is 16.3. The summed E-state index contributed by atoms with van der Waals surface area (Å²) >= 11 is 0. The third kappa shape index (κ3) is 7.85. The van der Waals surface area contributed by atoms with Crippen LogP contribution in [0.5, 0.6) is 0 Å². The molecule has 11 aromatic carbocycles. The second-order valence-corrected chi connectivity index (χ2v) is 21.0. The Bertz CT molecular complexity index is 4760. The predicted molar refractivity (Wildman–Crippen MR) is 330 cm³/mol. The van der Waals surface area contributed by atoms with Crippen LogP contribution in [0.25, 0.3) is 88.1 Å². The van der Waals surface area contributed by atoms with Crippen LogP contribution >= 0.6 is 0 Å². The molecule has 9 heteroatoms. The summed E-state index contributed by atoms with van der Waals surface area (Å²) in [5.74, 6) is 1.61.